The van der Waals surface area contributed by atoms with Crippen molar-refractivity contribution in [2.75, 3.05) is 26.0 Å². The third-order valence-corrected chi connectivity index (χ3v) is 3.98. The van der Waals surface area contributed by atoms with Gasteiger partial charge in [0, 0.05) is 6.54 Å². The van der Waals surface area contributed by atoms with Gasteiger partial charge in [-0.25, -0.2) is 0 Å². The van der Waals surface area contributed by atoms with Crippen LogP contribution in [0.4, 0.5) is 5.69 Å². The molecule has 0 aliphatic heterocycles. The summed E-state index contributed by atoms with van der Waals surface area (Å²) in [4.78, 5) is 14.3. The standard InChI is InChI=1S/C20H26N2O2/c1-14-6-8-17(16(3)10-14)12-22(4)13-20(23)21-18-11-15(2)7-9-19(18)24-5/h6-11H,12-13H2,1-5H3,(H,21,23). The fraction of sp³-hybridized carbons (Fsp3) is 0.350. The van der Waals surface area contributed by atoms with Gasteiger partial charge in [0.2, 0.25) is 5.91 Å². The van der Waals surface area contributed by atoms with Gasteiger partial charge in [0.05, 0.1) is 19.3 Å². The minimum Gasteiger partial charge on any atom is -0.495 e. The molecule has 0 aliphatic rings. The summed E-state index contributed by atoms with van der Waals surface area (Å²) in [5.74, 6) is 0.622. The van der Waals surface area contributed by atoms with Crippen molar-refractivity contribution in [2.24, 2.45) is 0 Å². The van der Waals surface area contributed by atoms with Crippen LogP contribution in [0.3, 0.4) is 0 Å². The molecule has 2 aromatic rings. The van der Waals surface area contributed by atoms with E-state index in [0.29, 0.717) is 18.0 Å². The molecule has 4 heteroatoms. The van der Waals surface area contributed by atoms with Gasteiger partial charge in [-0.3, -0.25) is 9.69 Å². The van der Waals surface area contributed by atoms with Crippen LogP contribution in [0.5, 0.6) is 5.75 Å². The Morgan fingerprint density at radius 3 is 2.42 bits per heavy atom. The number of rotatable bonds is 6. The normalized spacial score (nSPS) is 10.8. The summed E-state index contributed by atoms with van der Waals surface area (Å²) in [5, 5.41) is 2.94. The Morgan fingerprint density at radius 2 is 1.75 bits per heavy atom. The van der Waals surface area contributed by atoms with Gasteiger partial charge >= 0.3 is 0 Å². The van der Waals surface area contributed by atoms with E-state index in [1.807, 2.05) is 37.1 Å². The number of nitrogens with one attached hydrogen (secondary N) is 1. The summed E-state index contributed by atoms with van der Waals surface area (Å²) >= 11 is 0. The summed E-state index contributed by atoms with van der Waals surface area (Å²) < 4.78 is 5.30. The molecule has 0 saturated heterocycles. The quantitative estimate of drug-likeness (QED) is 0.880. The van der Waals surface area contributed by atoms with Crippen LogP contribution in [-0.4, -0.2) is 31.5 Å². The monoisotopic (exact) mass is 326 g/mol. The highest BCUT2D eigenvalue weighted by Gasteiger charge is 2.11. The highest BCUT2D eigenvalue weighted by atomic mass is 16.5. The lowest BCUT2D eigenvalue weighted by Gasteiger charge is -2.18. The Morgan fingerprint density at radius 1 is 1.08 bits per heavy atom. The van der Waals surface area contributed by atoms with E-state index in [0.717, 1.165) is 12.1 Å². The van der Waals surface area contributed by atoms with Crippen molar-refractivity contribution in [3.63, 3.8) is 0 Å². The SMILES string of the molecule is COc1ccc(C)cc1NC(=O)CN(C)Cc1ccc(C)cc1C. The maximum Gasteiger partial charge on any atom is 0.238 e. The number of nitrogens with zero attached hydrogens (tertiary/aromatic N) is 1. The topological polar surface area (TPSA) is 41.6 Å². The molecule has 0 aromatic heterocycles. The second-order valence-corrected chi connectivity index (χ2v) is 6.35. The third kappa shape index (κ3) is 4.83. The first-order valence-electron chi connectivity index (χ1n) is 8.08. The Kier molecular flexibility index (Phi) is 5.99. The minimum atomic E-state index is -0.0498. The molecule has 0 spiro atoms. The van der Waals surface area contributed by atoms with Crippen LogP contribution >= 0.6 is 0 Å². The molecule has 2 rings (SSSR count). The molecule has 0 heterocycles. The summed E-state index contributed by atoms with van der Waals surface area (Å²) in [6, 6.07) is 12.1. The molecular weight excluding hydrogens is 300 g/mol. The summed E-state index contributed by atoms with van der Waals surface area (Å²) in [6.07, 6.45) is 0. The predicted molar refractivity (Wildman–Crippen MR) is 98.6 cm³/mol. The molecule has 0 radical (unpaired) electrons. The summed E-state index contributed by atoms with van der Waals surface area (Å²) in [6.45, 7) is 7.24. The van der Waals surface area contributed by atoms with Crippen molar-refractivity contribution in [3.8, 4) is 5.75 Å². The molecule has 2 aromatic carbocycles. The van der Waals surface area contributed by atoms with Crippen LogP contribution in [0.15, 0.2) is 36.4 Å². The van der Waals surface area contributed by atoms with Gasteiger partial charge in [-0.1, -0.05) is 29.8 Å². The van der Waals surface area contributed by atoms with E-state index in [1.54, 1.807) is 7.11 Å². The second-order valence-electron chi connectivity index (χ2n) is 6.35. The number of likely N-dealkylation sites (N-methyl/N-ethyl adjacent to an activating group) is 1. The highest BCUT2D eigenvalue weighted by Crippen LogP contribution is 2.25. The molecule has 0 aliphatic carbocycles. The van der Waals surface area contributed by atoms with Crippen molar-refractivity contribution < 1.29 is 9.53 Å². The van der Waals surface area contributed by atoms with E-state index in [-0.39, 0.29) is 5.91 Å². The van der Waals surface area contributed by atoms with E-state index in [4.69, 9.17) is 4.74 Å². The van der Waals surface area contributed by atoms with Gasteiger partial charge in [0.1, 0.15) is 5.75 Å². The van der Waals surface area contributed by atoms with Crippen molar-refractivity contribution >= 4 is 11.6 Å². The van der Waals surface area contributed by atoms with Crippen LogP contribution in [-0.2, 0) is 11.3 Å². The lowest BCUT2D eigenvalue weighted by atomic mass is 10.1. The average molecular weight is 326 g/mol. The number of aryl methyl sites for hydroxylation is 3. The lowest BCUT2D eigenvalue weighted by molar-refractivity contribution is -0.117. The van der Waals surface area contributed by atoms with Gasteiger partial charge in [-0.2, -0.15) is 0 Å². The number of amides is 1. The number of ether oxygens (including phenoxy) is 1. The number of carbonyl (C=O) groups is 1. The molecule has 0 fully saturated rings. The van der Waals surface area contributed by atoms with Crippen molar-refractivity contribution in [2.45, 2.75) is 27.3 Å². The summed E-state index contributed by atoms with van der Waals surface area (Å²) in [7, 11) is 3.55. The third-order valence-electron chi connectivity index (χ3n) is 3.98. The van der Waals surface area contributed by atoms with Crippen molar-refractivity contribution in [1.29, 1.82) is 0 Å². The molecule has 0 bridgehead atoms. The zero-order chi connectivity index (χ0) is 17.7. The predicted octanol–water partition coefficient (Wildman–Crippen LogP) is 3.69. The maximum absolute atomic E-state index is 12.3. The van der Waals surface area contributed by atoms with E-state index >= 15 is 0 Å². The molecule has 4 nitrogen and oxygen atoms in total. The van der Waals surface area contributed by atoms with Gasteiger partial charge in [0.25, 0.3) is 0 Å². The molecule has 1 N–H and O–H groups in total. The smallest absolute Gasteiger partial charge is 0.238 e. The van der Waals surface area contributed by atoms with Gasteiger partial charge in [-0.15, -0.1) is 0 Å². The number of hydrogen-bond acceptors (Lipinski definition) is 3. The number of carbonyl (C=O) groups excluding carboxylic acids is 1. The zero-order valence-corrected chi connectivity index (χ0v) is 15.1. The largest absolute Gasteiger partial charge is 0.495 e. The van der Waals surface area contributed by atoms with E-state index < -0.39 is 0 Å². The van der Waals surface area contributed by atoms with E-state index in [1.165, 1.54) is 16.7 Å². The number of methoxy groups -OCH3 is 1. The molecule has 1 amide bonds. The molecule has 0 atom stereocenters. The molecular formula is C20H26N2O2. The van der Waals surface area contributed by atoms with Crippen LogP contribution in [0.1, 0.15) is 22.3 Å². The van der Waals surface area contributed by atoms with Gasteiger partial charge in [-0.05, 0) is 56.6 Å². The number of anilines is 1. The first-order chi connectivity index (χ1) is 11.4. The Balaban J connectivity index is 1.98. The molecule has 24 heavy (non-hydrogen) atoms. The molecule has 128 valence electrons. The lowest BCUT2D eigenvalue weighted by Crippen LogP contribution is -2.30. The van der Waals surface area contributed by atoms with Crippen LogP contribution in [0, 0.1) is 20.8 Å². The Bertz CT molecular complexity index is 726. The van der Waals surface area contributed by atoms with Crippen molar-refractivity contribution in [3.05, 3.63) is 58.7 Å². The molecule has 0 saturated carbocycles. The first-order valence-corrected chi connectivity index (χ1v) is 8.08. The maximum atomic E-state index is 12.3. The van der Waals surface area contributed by atoms with Gasteiger partial charge in [0.15, 0.2) is 0 Å². The fourth-order valence-electron chi connectivity index (χ4n) is 2.72. The fourth-order valence-corrected chi connectivity index (χ4v) is 2.72. The van der Waals surface area contributed by atoms with Crippen molar-refractivity contribution in [1.82, 2.24) is 4.90 Å². The van der Waals surface area contributed by atoms with Crippen LogP contribution < -0.4 is 10.1 Å². The Hall–Kier alpha value is -2.33. The second kappa shape index (κ2) is 7.97. The number of hydrogen-bond donors (Lipinski definition) is 1. The average Bonchev–Trinajstić information content (AvgIpc) is 2.50. The minimum absolute atomic E-state index is 0.0498. The van der Waals surface area contributed by atoms with Crippen LogP contribution in [0.2, 0.25) is 0 Å². The summed E-state index contributed by atoms with van der Waals surface area (Å²) in [5.41, 5.74) is 5.53. The highest BCUT2D eigenvalue weighted by molar-refractivity contribution is 5.93. The molecule has 0 unspecified atom stereocenters. The van der Waals surface area contributed by atoms with Crippen LogP contribution in [0.25, 0.3) is 0 Å². The number of benzene rings is 2. The zero-order valence-electron chi connectivity index (χ0n) is 15.1. The van der Waals surface area contributed by atoms with E-state index in [2.05, 4.69) is 37.4 Å². The van der Waals surface area contributed by atoms with Gasteiger partial charge < -0.3 is 10.1 Å². The van der Waals surface area contributed by atoms with E-state index in [9.17, 15) is 4.79 Å². The Labute approximate surface area is 144 Å². The first kappa shape index (κ1) is 18.0.